The molecule has 0 saturated heterocycles. The van der Waals surface area contributed by atoms with Gasteiger partial charge in [0.1, 0.15) is 0 Å². The maximum atomic E-state index is 6.11. The molecule has 0 heterocycles. The third kappa shape index (κ3) is 4.22. The van der Waals surface area contributed by atoms with Crippen molar-refractivity contribution < 1.29 is 0 Å². The van der Waals surface area contributed by atoms with Crippen LogP contribution < -0.4 is 5.73 Å². The summed E-state index contributed by atoms with van der Waals surface area (Å²) < 4.78 is 0. The molecule has 0 aromatic carbocycles. The lowest BCUT2D eigenvalue weighted by molar-refractivity contribution is 0.344. The van der Waals surface area contributed by atoms with Crippen molar-refractivity contribution in [1.29, 1.82) is 0 Å². The first-order valence-corrected chi connectivity index (χ1v) is 6.99. The van der Waals surface area contributed by atoms with Gasteiger partial charge in [-0.15, -0.1) is 0 Å². The molecule has 1 rings (SSSR count). The largest absolute Gasteiger partial charge is 0.326 e. The molecule has 2 heteroatoms. The smallest absolute Gasteiger partial charge is 0.0179 e. The quantitative estimate of drug-likeness (QED) is 0.779. The molecule has 1 aliphatic rings. The van der Waals surface area contributed by atoms with Crippen LogP contribution in [0.15, 0.2) is 0 Å². The molecule has 0 aliphatic heterocycles. The molecule has 1 unspecified atom stereocenters. The Kier molecular flexibility index (Phi) is 4.78. The highest BCUT2D eigenvalue weighted by Crippen LogP contribution is 2.29. The van der Waals surface area contributed by atoms with E-state index in [9.17, 15) is 0 Å². The van der Waals surface area contributed by atoms with Crippen molar-refractivity contribution in [2.24, 2.45) is 17.1 Å². The lowest BCUT2D eigenvalue weighted by Gasteiger charge is -2.27. The van der Waals surface area contributed by atoms with Crippen LogP contribution in [-0.4, -0.2) is 17.5 Å². The summed E-state index contributed by atoms with van der Waals surface area (Å²) in [4.78, 5) is 0. The monoisotopic (exact) mass is 215 g/mol. The van der Waals surface area contributed by atoms with Gasteiger partial charge in [0.15, 0.2) is 0 Å². The normalized spacial score (nSPS) is 21.4. The lowest BCUT2D eigenvalue weighted by Crippen LogP contribution is -2.37. The van der Waals surface area contributed by atoms with Crippen LogP contribution >= 0.6 is 11.8 Å². The highest BCUT2D eigenvalue weighted by molar-refractivity contribution is 7.99. The van der Waals surface area contributed by atoms with Crippen LogP contribution in [0.3, 0.4) is 0 Å². The Balaban J connectivity index is 2.08. The van der Waals surface area contributed by atoms with Gasteiger partial charge in [-0.2, -0.15) is 11.8 Å². The lowest BCUT2D eigenvalue weighted by atomic mass is 9.89. The minimum Gasteiger partial charge on any atom is -0.326 e. The molecule has 84 valence electrons. The Labute approximate surface area is 93.2 Å². The predicted molar refractivity (Wildman–Crippen MR) is 66.7 cm³/mol. The summed E-state index contributed by atoms with van der Waals surface area (Å²) in [5.41, 5.74) is 6.38. The van der Waals surface area contributed by atoms with Gasteiger partial charge in [0.2, 0.25) is 0 Å². The topological polar surface area (TPSA) is 26.0 Å². The Morgan fingerprint density at radius 3 is 2.36 bits per heavy atom. The third-order valence-electron chi connectivity index (χ3n) is 3.24. The number of rotatable bonds is 4. The van der Waals surface area contributed by atoms with Crippen LogP contribution in [0.4, 0.5) is 0 Å². The average Bonchev–Trinajstić information content (AvgIpc) is 2.55. The van der Waals surface area contributed by atoms with Gasteiger partial charge in [-0.1, -0.05) is 33.6 Å². The minimum absolute atomic E-state index is 0.267. The highest BCUT2D eigenvalue weighted by Gasteiger charge is 2.21. The molecule has 0 bridgehead atoms. The second-order valence-corrected chi connectivity index (χ2v) is 6.74. The second kappa shape index (κ2) is 5.41. The average molecular weight is 215 g/mol. The zero-order chi connectivity index (χ0) is 10.6. The molecule has 1 fully saturated rings. The van der Waals surface area contributed by atoms with Gasteiger partial charge in [-0.3, -0.25) is 0 Å². The summed E-state index contributed by atoms with van der Waals surface area (Å²) in [5.74, 6) is 3.45. The molecule has 1 aliphatic carbocycles. The van der Waals surface area contributed by atoms with Gasteiger partial charge in [0, 0.05) is 11.8 Å². The first-order chi connectivity index (χ1) is 6.50. The SMILES string of the molecule is CC(C)(C)C(N)CSCC1CCCC1. The fraction of sp³-hybridized carbons (Fsp3) is 1.00. The molecule has 0 amide bonds. The van der Waals surface area contributed by atoms with E-state index in [0.29, 0.717) is 6.04 Å². The molecule has 1 saturated carbocycles. The number of thioether (sulfide) groups is 1. The van der Waals surface area contributed by atoms with Crippen molar-refractivity contribution in [3.05, 3.63) is 0 Å². The number of hydrogen-bond acceptors (Lipinski definition) is 2. The van der Waals surface area contributed by atoms with E-state index in [1.54, 1.807) is 0 Å². The first-order valence-electron chi connectivity index (χ1n) is 5.83. The Bertz CT molecular complexity index is 156. The summed E-state index contributed by atoms with van der Waals surface area (Å²) in [6, 6.07) is 0.342. The Morgan fingerprint density at radius 1 is 1.29 bits per heavy atom. The van der Waals surface area contributed by atoms with Crippen molar-refractivity contribution >= 4 is 11.8 Å². The standard InChI is InChI=1S/C12H25NS/c1-12(2,3)11(13)9-14-8-10-6-4-5-7-10/h10-11H,4-9,13H2,1-3H3. The van der Waals surface area contributed by atoms with Crippen molar-refractivity contribution in [3.63, 3.8) is 0 Å². The predicted octanol–water partition coefficient (Wildman–Crippen LogP) is 3.28. The molecule has 2 N–H and O–H groups in total. The summed E-state index contributed by atoms with van der Waals surface area (Å²) in [7, 11) is 0. The maximum absolute atomic E-state index is 6.11. The van der Waals surface area contributed by atoms with Crippen LogP contribution in [0.25, 0.3) is 0 Å². The molecule has 0 spiro atoms. The van der Waals surface area contributed by atoms with Crippen LogP contribution in [-0.2, 0) is 0 Å². The Morgan fingerprint density at radius 2 is 1.86 bits per heavy atom. The van der Waals surface area contributed by atoms with Gasteiger partial charge in [0.05, 0.1) is 0 Å². The molecule has 0 radical (unpaired) electrons. The molecule has 0 aromatic heterocycles. The number of nitrogens with two attached hydrogens (primary N) is 1. The molecule has 1 nitrogen and oxygen atoms in total. The molecule has 1 atom stereocenters. The first kappa shape index (κ1) is 12.4. The highest BCUT2D eigenvalue weighted by atomic mass is 32.2. The minimum atomic E-state index is 0.267. The van der Waals surface area contributed by atoms with E-state index in [4.69, 9.17) is 5.73 Å². The van der Waals surface area contributed by atoms with Crippen LogP contribution in [0, 0.1) is 11.3 Å². The summed E-state index contributed by atoms with van der Waals surface area (Å²) in [5, 5.41) is 0. The Hall–Kier alpha value is 0.310. The van der Waals surface area contributed by atoms with E-state index < -0.39 is 0 Å². The van der Waals surface area contributed by atoms with E-state index >= 15 is 0 Å². The van der Waals surface area contributed by atoms with Gasteiger partial charge in [0.25, 0.3) is 0 Å². The van der Waals surface area contributed by atoms with Crippen LogP contribution in [0.1, 0.15) is 46.5 Å². The van der Waals surface area contributed by atoms with Crippen molar-refractivity contribution in [2.45, 2.75) is 52.5 Å². The fourth-order valence-corrected chi connectivity index (χ4v) is 3.35. The molecular weight excluding hydrogens is 190 g/mol. The second-order valence-electron chi connectivity index (χ2n) is 5.66. The zero-order valence-corrected chi connectivity index (χ0v) is 10.7. The molecule has 0 aromatic rings. The van der Waals surface area contributed by atoms with E-state index in [2.05, 4.69) is 32.5 Å². The summed E-state index contributed by atoms with van der Waals surface area (Å²) in [6.07, 6.45) is 5.82. The van der Waals surface area contributed by atoms with E-state index in [1.165, 1.54) is 31.4 Å². The van der Waals surface area contributed by atoms with Gasteiger partial charge >= 0.3 is 0 Å². The van der Waals surface area contributed by atoms with Crippen LogP contribution in [0.5, 0.6) is 0 Å². The van der Waals surface area contributed by atoms with Gasteiger partial charge in [-0.25, -0.2) is 0 Å². The van der Waals surface area contributed by atoms with Crippen molar-refractivity contribution in [1.82, 2.24) is 0 Å². The fourth-order valence-electron chi connectivity index (χ4n) is 1.79. The molecule has 14 heavy (non-hydrogen) atoms. The van der Waals surface area contributed by atoms with Crippen molar-refractivity contribution in [2.75, 3.05) is 11.5 Å². The summed E-state index contributed by atoms with van der Waals surface area (Å²) in [6.45, 7) is 6.69. The summed E-state index contributed by atoms with van der Waals surface area (Å²) >= 11 is 2.06. The van der Waals surface area contributed by atoms with E-state index in [0.717, 1.165) is 11.7 Å². The van der Waals surface area contributed by atoms with Gasteiger partial charge < -0.3 is 5.73 Å². The van der Waals surface area contributed by atoms with Gasteiger partial charge in [-0.05, 0) is 29.9 Å². The maximum Gasteiger partial charge on any atom is 0.0179 e. The van der Waals surface area contributed by atoms with E-state index in [-0.39, 0.29) is 5.41 Å². The molecular formula is C12H25NS. The zero-order valence-electron chi connectivity index (χ0n) is 9.88. The van der Waals surface area contributed by atoms with Crippen LogP contribution in [0.2, 0.25) is 0 Å². The number of hydrogen-bond donors (Lipinski definition) is 1. The van der Waals surface area contributed by atoms with E-state index in [1.807, 2.05) is 0 Å². The van der Waals surface area contributed by atoms with Crippen molar-refractivity contribution in [3.8, 4) is 0 Å². The third-order valence-corrected chi connectivity index (χ3v) is 4.54.